The Morgan fingerprint density at radius 2 is 1.59 bits per heavy atom. The summed E-state index contributed by atoms with van der Waals surface area (Å²) < 4.78 is 5.29. The van der Waals surface area contributed by atoms with Crippen molar-refractivity contribution in [3.8, 4) is 5.75 Å². The first-order chi connectivity index (χ1) is 18.3. The van der Waals surface area contributed by atoms with Crippen molar-refractivity contribution in [3.05, 3.63) is 58.7 Å². The minimum absolute atomic E-state index is 0.108. The summed E-state index contributed by atoms with van der Waals surface area (Å²) in [5.74, 6) is -0.655. The molecule has 3 N–H and O–H groups in total. The highest BCUT2D eigenvalue weighted by Crippen LogP contribution is 2.29. The predicted molar refractivity (Wildman–Crippen MR) is 155 cm³/mol. The molecule has 8 heteroatoms. The normalized spacial score (nSPS) is 12.0. The lowest BCUT2D eigenvalue weighted by Gasteiger charge is -2.32. The molecule has 8 nitrogen and oxygen atoms in total. The van der Waals surface area contributed by atoms with Crippen molar-refractivity contribution in [1.29, 1.82) is 0 Å². The Kier molecular flexibility index (Phi) is 11.8. The Morgan fingerprint density at radius 1 is 0.949 bits per heavy atom. The third-order valence-electron chi connectivity index (χ3n) is 6.43. The summed E-state index contributed by atoms with van der Waals surface area (Å²) in [4.78, 5) is 41.4. The summed E-state index contributed by atoms with van der Waals surface area (Å²) in [6, 6.07) is 9.72. The number of aryl methyl sites for hydroxylation is 3. The van der Waals surface area contributed by atoms with Crippen LogP contribution < -0.4 is 10.6 Å². The van der Waals surface area contributed by atoms with Gasteiger partial charge in [0.1, 0.15) is 23.9 Å². The van der Waals surface area contributed by atoms with Gasteiger partial charge in [0.2, 0.25) is 5.91 Å². The maximum Gasteiger partial charge on any atom is 0.408 e. The van der Waals surface area contributed by atoms with E-state index in [4.69, 9.17) is 4.74 Å². The number of phenolic OH excluding ortho intramolecular Hbond substituents is 1. The van der Waals surface area contributed by atoms with Crippen molar-refractivity contribution in [2.75, 3.05) is 18.4 Å². The van der Waals surface area contributed by atoms with E-state index >= 15 is 0 Å². The summed E-state index contributed by atoms with van der Waals surface area (Å²) in [5.41, 5.74) is 2.99. The second-order valence-corrected chi connectivity index (χ2v) is 11.1. The first-order valence-corrected chi connectivity index (χ1v) is 13.8. The number of phenols is 1. The Labute approximate surface area is 233 Å². The number of carbonyl (C=O) groups is 3. The van der Waals surface area contributed by atoms with Crippen LogP contribution >= 0.6 is 0 Å². The number of nitrogens with one attached hydrogen (secondary N) is 2. The minimum Gasteiger partial charge on any atom is -0.508 e. The number of rotatable bonds is 12. The van der Waals surface area contributed by atoms with Crippen LogP contribution in [-0.2, 0) is 14.3 Å². The number of amides is 3. The molecule has 0 aromatic heterocycles. The predicted octanol–water partition coefficient (Wildman–Crippen LogP) is 6.32. The number of hydrogen-bond acceptors (Lipinski definition) is 5. The molecule has 0 saturated carbocycles. The Hall–Kier alpha value is -3.55. The van der Waals surface area contributed by atoms with E-state index in [-0.39, 0.29) is 18.2 Å². The van der Waals surface area contributed by atoms with E-state index in [2.05, 4.69) is 17.6 Å². The number of para-hydroxylation sites is 1. The average Bonchev–Trinajstić information content (AvgIpc) is 2.85. The van der Waals surface area contributed by atoms with Gasteiger partial charge in [0, 0.05) is 12.2 Å². The number of benzene rings is 2. The molecule has 0 aliphatic rings. The van der Waals surface area contributed by atoms with Crippen LogP contribution in [0.4, 0.5) is 10.5 Å². The molecule has 0 aliphatic carbocycles. The SMILES string of the molecule is CCCCCCCN(C(=O)CNC(=O)OC(C)(C)C)C(C(=O)Nc1c(C)cccc1C)c1ccc(O)c(C)c1. The molecule has 214 valence electrons. The zero-order valence-corrected chi connectivity index (χ0v) is 24.5. The van der Waals surface area contributed by atoms with E-state index in [1.165, 1.54) is 11.0 Å². The summed E-state index contributed by atoms with van der Waals surface area (Å²) in [6.07, 6.45) is 4.15. The van der Waals surface area contributed by atoms with Crippen LogP contribution in [0.3, 0.4) is 0 Å². The van der Waals surface area contributed by atoms with Crippen LogP contribution in [0.5, 0.6) is 5.75 Å². The van der Waals surface area contributed by atoms with Crippen molar-refractivity contribution in [2.24, 2.45) is 0 Å². The molecule has 0 radical (unpaired) electrons. The molecule has 0 saturated heterocycles. The molecule has 0 spiro atoms. The van der Waals surface area contributed by atoms with Gasteiger partial charge in [-0.1, -0.05) is 56.9 Å². The van der Waals surface area contributed by atoms with Gasteiger partial charge in [0.15, 0.2) is 0 Å². The number of aromatic hydroxyl groups is 1. The van der Waals surface area contributed by atoms with Crippen LogP contribution in [0.15, 0.2) is 36.4 Å². The number of unbranched alkanes of at least 4 members (excludes halogenated alkanes) is 4. The highest BCUT2D eigenvalue weighted by Gasteiger charge is 2.32. The number of hydrogen-bond donors (Lipinski definition) is 3. The summed E-state index contributed by atoms with van der Waals surface area (Å²) >= 11 is 0. The van der Waals surface area contributed by atoms with Gasteiger partial charge in [-0.05, 0) is 82.3 Å². The van der Waals surface area contributed by atoms with Crippen molar-refractivity contribution in [1.82, 2.24) is 10.2 Å². The lowest BCUT2D eigenvalue weighted by atomic mass is 9.99. The van der Waals surface area contributed by atoms with Gasteiger partial charge in [-0.15, -0.1) is 0 Å². The van der Waals surface area contributed by atoms with Crippen LogP contribution in [0.1, 0.15) is 88.1 Å². The first-order valence-electron chi connectivity index (χ1n) is 13.8. The quantitative estimate of drug-likeness (QED) is 0.274. The molecule has 2 rings (SSSR count). The number of alkyl carbamates (subject to hydrolysis) is 1. The van der Waals surface area contributed by atoms with Gasteiger partial charge < -0.3 is 25.4 Å². The fourth-order valence-electron chi connectivity index (χ4n) is 4.37. The standard InChI is InChI=1S/C31H45N3O5/c1-8-9-10-11-12-18-34(26(36)20-32-30(38)39-31(5,6)7)28(24-16-17-25(35)23(4)19-24)29(37)33-27-21(2)14-13-15-22(27)3/h13-17,19,28,35H,8-12,18,20H2,1-7H3,(H,32,38)(H,33,37). The molecular formula is C31H45N3O5. The number of anilines is 1. The highest BCUT2D eigenvalue weighted by atomic mass is 16.6. The molecular weight excluding hydrogens is 494 g/mol. The van der Waals surface area contributed by atoms with E-state index in [9.17, 15) is 19.5 Å². The van der Waals surface area contributed by atoms with E-state index < -0.39 is 23.6 Å². The molecule has 1 atom stereocenters. The number of ether oxygens (including phenoxy) is 1. The fourth-order valence-corrected chi connectivity index (χ4v) is 4.37. The Morgan fingerprint density at radius 3 is 2.18 bits per heavy atom. The maximum absolute atomic E-state index is 13.9. The number of carbonyl (C=O) groups excluding carboxylic acids is 3. The molecule has 1 unspecified atom stereocenters. The largest absolute Gasteiger partial charge is 0.508 e. The molecule has 2 aromatic rings. The second kappa shape index (κ2) is 14.6. The lowest BCUT2D eigenvalue weighted by Crippen LogP contribution is -2.47. The summed E-state index contributed by atoms with van der Waals surface area (Å²) in [5, 5.41) is 15.7. The summed E-state index contributed by atoms with van der Waals surface area (Å²) in [6.45, 7) is 13.0. The summed E-state index contributed by atoms with van der Waals surface area (Å²) in [7, 11) is 0. The van der Waals surface area contributed by atoms with Crippen molar-refractivity contribution in [3.63, 3.8) is 0 Å². The third kappa shape index (κ3) is 9.93. The lowest BCUT2D eigenvalue weighted by molar-refractivity contribution is -0.138. The van der Waals surface area contributed by atoms with Crippen LogP contribution in [0, 0.1) is 20.8 Å². The van der Waals surface area contributed by atoms with E-state index in [0.29, 0.717) is 29.8 Å². The van der Waals surface area contributed by atoms with Crippen molar-refractivity contribution < 1.29 is 24.2 Å². The van der Waals surface area contributed by atoms with E-state index in [1.807, 2.05) is 32.0 Å². The Balaban J connectivity index is 2.43. The van der Waals surface area contributed by atoms with Crippen molar-refractivity contribution >= 4 is 23.6 Å². The minimum atomic E-state index is -0.970. The molecule has 0 heterocycles. The van der Waals surface area contributed by atoms with E-state index in [0.717, 1.165) is 36.8 Å². The topological polar surface area (TPSA) is 108 Å². The smallest absolute Gasteiger partial charge is 0.408 e. The van der Waals surface area contributed by atoms with Gasteiger partial charge in [0.05, 0.1) is 0 Å². The van der Waals surface area contributed by atoms with E-state index in [1.54, 1.807) is 39.8 Å². The maximum atomic E-state index is 13.9. The fraction of sp³-hybridized carbons (Fsp3) is 0.516. The zero-order valence-electron chi connectivity index (χ0n) is 24.5. The van der Waals surface area contributed by atoms with Gasteiger partial charge in [-0.3, -0.25) is 9.59 Å². The van der Waals surface area contributed by atoms with Gasteiger partial charge in [-0.25, -0.2) is 4.79 Å². The van der Waals surface area contributed by atoms with Crippen LogP contribution in [0.2, 0.25) is 0 Å². The van der Waals surface area contributed by atoms with Crippen molar-refractivity contribution in [2.45, 2.75) is 92.2 Å². The molecule has 3 amide bonds. The first kappa shape index (κ1) is 31.7. The van der Waals surface area contributed by atoms with Gasteiger partial charge >= 0.3 is 6.09 Å². The van der Waals surface area contributed by atoms with Crippen LogP contribution in [-0.4, -0.2) is 46.6 Å². The molecule has 0 fully saturated rings. The highest BCUT2D eigenvalue weighted by molar-refractivity contribution is 5.99. The van der Waals surface area contributed by atoms with Gasteiger partial charge in [0.25, 0.3) is 5.91 Å². The Bertz CT molecular complexity index is 1120. The average molecular weight is 540 g/mol. The molecule has 39 heavy (non-hydrogen) atoms. The second-order valence-electron chi connectivity index (χ2n) is 11.1. The van der Waals surface area contributed by atoms with Crippen LogP contribution in [0.25, 0.3) is 0 Å². The number of nitrogens with zero attached hydrogens (tertiary/aromatic N) is 1. The third-order valence-corrected chi connectivity index (χ3v) is 6.43. The van der Waals surface area contributed by atoms with Gasteiger partial charge in [-0.2, -0.15) is 0 Å². The molecule has 0 bridgehead atoms. The zero-order chi connectivity index (χ0) is 29.2. The molecule has 0 aliphatic heterocycles. The molecule has 2 aromatic carbocycles. The monoisotopic (exact) mass is 539 g/mol.